The predicted octanol–water partition coefficient (Wildman–Crippen LogP) is 3.41. The molecule has 0 saturated heterocycles. The van der Waals surface area contributed by atoms with Gasteiger partial charge < -0.3 is 0 Å². The molecule has 0 aliphatic heterocycles. The van der Waals surface area contributed by atoms with Crippen LogP contribution in [0.2, 0.25) is 0 Å². The number of hydrogen-bond donors (Lipinski definition) is 1. The van der Waals surface area contributed by atoms with E-state index in [1.807, 2.05) is 36.4 Å². The van der Waals surface area contributed by atoms with E-state index in [-0.39, 0.29) is 11.3 Å². The lowest BCUT2D eigenvalue weighted by molar-refractivity contribution is -0.385. The normalized spacial score (nSPS) is 11.4. The number of hydrazone groups is 1. The minimum absolute atomic E-state index is 0.0268. The maximum atomic E-state index is 12.0. The van der Waals surface area contributed by atoms with Gasteiger partial charge in [0.2, 0.25) is 0 Å². The molecule has 0 fully saturated rings. The van der Waals surface area contributed by atoms with Gasteiger partial charge >= 0.3 is 0 Å². The summed E-state index contributed by atoms with van der Waals surface area (Å²) in [5, 5.41) is 14.8. The fraction of sp³-hybridized carbons (Fsp3) is 0.0588. The number of nitro groups is 1. The summed E-state index contributed by atoms with van der Waals surface area (Å²) >= 11 is 0. The molecule has 1 amide bonds. The van der Waals surface area contributed by atoms with Crippen molar-refractivity contribution < 1.29 is 9.72 Å². The summed E-state index contributed by atoms with van der Waals surface area (Å²) in [4.78, 5) is 22.3. The van der Waals surface area contributed by atoms with Crippen LogP contribution in [0, 0.1) is 10.1 Å². The number of rotatable bonds is 5. The van der Waals surface area contributed by atoms with Gasteiger partial charge in [0, 0.05) is 6.07 Å². The second kappa shape index (κ2) is 7.65. The number of carbonyl (C=O) groups excluding carboxylic acids is 1. The summed E-state index contributed by atoms with van der Waals surface area (Å²) in [5.74, 6) is -0.621. The van der Waals surface area contributed by atoms with Gasteiger partial charge in [-0.3, -0.25) is 14.9 Å². The summed E-state index contributed by atoms with van der Waals surface area (Å²) in [5.41, 5.74) is 3.62. The minimum atomic E-state index is -0.621. The van der Waals surface area contributed by atoms with Gasteiger partial charge in [-0.1, -0.05) is 48.5 Å². The molecule has 0 aromatic heterocycles. The van der Waals surface area contributed by atoms with Crippen molar-refractivity contribution in [2.75, 3.05) is 0 Å². The van der Waals surface area contributed by atoms with Crippen LogP contribution in [0.3, 0.4) is 0 Å². The Labute approximate surface area is 133 Å². The van der Waals surface area contributed by atoms with Gasteiger partial charge in [0.05, 0.1) is 10.6 Å². The van der Waals surface area contributed by atoms with Crippen molar-refractivity contribution in [2.45, 2.75) is 6.92 Å². The Morgan fingerprint density at radius 2 is 1.78 bits per heavy atom. The van der Waals surface area contributed by atoms with Crippen LogP contribution in [-0.4, -0.2) is 16.5 Å². The van der Waals surface area contributed by atoms with Crippen molar-refractivity contribution in [3.8, 4) is 0 Å². The van der Waals surface area contributed by atoms with Gasteiger partial charge in [-0.05, 0) is 24.6 Å². The second-order valence-electron chi connectivity index (χ2n) is 4.71. The molecule has 2 aromatic rings. The van der Waals surface area contributed by atoms with E-state index in [1.54, 1.807) is 19.1 Å². The molecule has 6 heteroatoms. The number of benzene rings is 2. The Balaban J connectivity index is 2.06. The van der Waals surface area contributed by atoms with E-state index in [0.29, 0.717) is 5.71 Å². The number of carbonyl (C=O) groups is 1. The van der Waals surface area contributed by atoms with Crippen LogP contribution in [0.1, 0.15) is 22.8 Å². The highest BCUT2D eigenvalue weighted by atomic mass is 16.6. The molecule has 0 saturated carbocycles. The zero-order valence-corrected chi connectivity index (χ0v) is 12.5. The Hall–Kier alpha value is -3.28. The zero-order valence-electron chi connectivity index (χ0n) is 12.5. The zero-order chi connectivity index (χ0) is 16.7. The van der Waals surface area contributed by atoms with Gasteiger partial charge in [-0.2, -0.15) is 5.10 Å². The van der Waals surface area contributed by atoms with Crippen molar-refractivity contribution >= 4 is 23.4 Å². The number of hydrogen-bond acceptors (Lipinski definition) is 4. The smallest absolute Gasteiger partial charge is 0.267 e. The number of para-hydroxylation sites is 1. The maximum absolute atomic E-state index is 12.0. The molecule has 2 rings (SSSR count). The molecule has 0 atom stereocenters. The molecule has 0 aliphatic carbocycles. The Morgan fingerprint density at radius 1 is 1.13 bits per heavy atom. The van der Waals surface area contributed by atoms with Gasteiger partial charge in [-0.25, -0.2) is 5.43 Å². The Kier molecular flexibility index (Phi) is 5.35. The van der Waals surface area contributed by atoms with Crippen LogP contribution in [-0.2, 0) is 0 Å². The van der Waals surface area contributed by atoms with Crippen LogP contribution in [0.5, 0.6) is 0 Å². The van der Waals surface area contributed by atoms with Crippen LogP contribution >= 0.6 is 0 Å². The summed E-state index contributed by atoms with van der Waals surface area (Å²) < 4.78 is 0. The molecule has 0 radical (unpaired) electrons. The lowest BCUT2D eigenvalue weighted by Crippen LogP contribution is -2.19. The van der Waals surface area contributed by atoms with E-state index >= 15 is 0 Å². The SMILES string of the molecule is CC(/C=C/c1ccccc1)=N\NC(=O)c1ccccc1[N+](=O)[O-]. The van der Waals surface area contributed by atoms with Gasteiger partial charge in [0.15, 0.2) is 0 Å². The third kappa shape index (κ3) is 4.60. The van der Waals surface area contributed by atoms with E-state index in [2.05, 4.69) is 10.5 Å². The number of nitrogens with one attached hydrogen (secondary N) is 1. The molecule has 0 spiro atoms. The van der Waals surface area contributed by atoms with Gasteiger partial charge in [0.1, 0.15) is 5.56 Å². The number of amides is 1. The largest absolute Gasteiger partial charge is 0.282 e. The van der Waals surface area contributed by atoms with E-state index in [4.69, 9.17) is 0 Å². The molecule has 1 N–H and O–H groups in total. The highest BCUT2D eigenvalue weighted by Gasteiger charge is 2.18. The van der Waals surface area contributed by atoms with E-state index in [9.17, 15) is 14.9 Å². The number of nitro benzene ring substituents is 1. The van der Waals surface area contributed by atoms with Crippen molar-refractivity contribution in [1.82, 2.24) is 5.43 Å². The van der Waals surface area contributed by atoms with Crippen molar-refractivity contribution in [1.29, 1.82) is 0 Å². The predicted molar refractivity (Wildman–Crippen MR) is 89.1 cm³/mol. The standard InChI is InChI=1S/C17H15N3O3/c1-13(11-12-14-7-3-2-4-8-14)18-19-17(21)15-9-5-6-10-16(15)20(22)23/h2-12H,1H3,(H,19,21)/b12-11+,18-13+. The van der Waals surface area contributed by atoms with Crippen molar-refractivity contribution in [3.63, 3.8) is 0 Å². The third-order valence-electron chi connectivity index (χ3n) is 3.00. The molecule has 0 aliphatic rings. The van der Waals surface area contributed by atoms with E-state index in [0.717, 1.165) is 5.56 Å². The average Bonchev–Trinajstić information content (AvgIpc) is 2.58. The first-order valence-corrected chi connectivity index (χ1v) is 6.89. The highest BCUT2D eigenvalue weighted by molar-refractivity contribution is 6.00. The number of allylic oxidation sites excluding steroid dienone is 1. The van der Waals surface area contributed by atoms with E-state index in [1.165, 1.54) is 18.2 Å². The first-order valence-electron chi connectivity index (χ1n) is 6.89. The molecule has 0 heterocycles. The lowest BCUT2D eigenvalue weighted by atomic mass is 10.2. The number of nitrogens with zero attached hydrogens (tertiary/aromatic N) is 2. The third-order valence-corrected chi connectivity index (χ3v) is 3.00. The van der Waals surface area contributed by atoms with Gasteiger partial charge in [0.25, 0.3) is 11.6 Å². The van der Waals surface area contributed by atoms with Crippen LogP contribution < -0.4 is 5.43 Å². The van der Waals surface area contributed by atoms with Crippen LogP contribution in [0.4, 0.5) is 5.69 Å². The molecule has 116 valence electrons. The summed E-state index contributed by atoms with van der Waals surface area (Å²) in [6.07, 6.45) is 3.60. The average molecular weight is 309 g/mol. The fourth-order valence-electron chi connectivity index (χ4n) is 1.84. The molecular weight excluding hydrogens is 294 g/mol. The molecule has 23 heavy (non-hydrogen) atoms. The molecule has 0 bridgehead atoms. The first-order chi connectivity index (χ1) is 11.1. The Bertz CT molecular complexity index is 768. The Morgan fingerprint density at radius 3 is 2.48 bits per heavy atom. The minimum Gasteiger partial charge on any atom is -0.267 e. The fourth-order valence-corrected chi connectivity index (χ4v) is 1.84. The quantitative estimate of drug-likeness (QED) is 0.522. The van der Waals surface area contributed by atoms with Crippen molar-refractivity contribution in [2.24, 2.45) is 5.10 Å². The second-order valence-corrected chi connectivity index (χ2v) is 4.71. The van der Waals surface area contributed by atoms with Crippen LogP contribution in [0.15, 0.2) is 65.8 Å². The van der Waals surface area contributed by atoms with Crippen molar-refractivity contribution in [3.05, 3.63) is 81.9 Å². The maximum Gasteiger partial charge on any atom is 0.282 e. The summed E-state index contributed by atoms with van der Waals surface area (Å²) in [6, 6.07) is 15.4. The molecule has 6 nitrogen and oxygen atoms in total. The summed E-state index contributed by atoms with van der Waals surface area (Å²) in [6.45, 7) is 1.72. The first kappa shape index (κ1) is 16.1. The lowest BCUT2D eigenvalue weighted by Gasteiger charge is -2.01. The topological polar surface area (TPSA) is 84.6 Å². The van der Waals surface area contributed by atoms with E-state index < -0.39 is 10.8 Å². The monoisotopic (exact) mass is 309 g/mol. The molecular formula is C17H15N3O3. The highest BCUT2D eigenvalue weighted by Crippen LogP contribution is 2.17. The molecule has 0 unspecified atom stereocenters. The van der Waals surface area contributed by atoms with Crippen LogP contribution in [0.25, 0.3) is 6.08 Å². The summed E-state index contributed by atoms with van der Waals surface area (Å²) in [7, 11) is 0. The van der Waals surface area contributed by atoms with Gasteiger partial charge in [-0.15, -0.1) is 0 Å². The molecule has 2 aromatic carbocycles.